The van der Waals surface area contributed by atoms with Crippen molar-refractivity contribution in [2.45, 2.75) is 25.3 Å². The van der Waals surface area contributed by atoms with Gasteiger partial charge in [0.25, 0.3) is 0 Å². The molecular formula is C21H26BrN5O3. The molecule has 160 valence electrons. The van der Waals surface area contributed by atoms with Crippen molar-refractivity contribution in [3.05, 3.63) is 35.0 Å². The second-order valence-electron chi connectivity index (χ2n) is 7.12. The van der Waals surface area contributed by atoms with Crippen LogP contribution in [0.2, 0.25) is 0 Å². The van der Waals surface area contributed by atoms with E-state index in [4.69, 9.17) is 14.6 Å². The predicted octanol–water partition coefficient (Wildman–Crippen LogP) is 2.83. The number of ether oxygens (including phenoxy) is 2. The van der Waals surface area contributed by atoms with E-state index in [-0.39, 0.29) is 11.8 Å². The highest BCUT2D eigenvalue weighted by Crippen LogP contribution is 2.36. The lowest BCUT2D eigenvalue weighted by molar-refractivity contribution is -0.117. The summed E-state index contributed by atoms with van der Waals surface area (Å²) in [5.41, 5.74) is 1.52. The molecule has 1 fully saturated rings. The van der Waals surface area contributed by atoms with E-state index in [0.717, 1.165) is 24.8 Å². The first-order valence-corrected chi connectivity index (χ1v) is 10.9. The van der Waals surface area contributed by atoms with Gasteiger partial charge in [-0.1, -0.05) is 15.9 Å². The van der Waals surface area contributed by atoms with Crippen molar-refractivity contribution in [2.75, 3.05) is 44.5 Å². The Labute approximate surface area is 184 Å². The van der Waals surface area contributed by atoms with E-state index in [1.807, 2.05) is 4.68 Å². The van der Waals surface area contributed by atoms with Crippen LogP contribution in [0, 0.1) is 11.3 Å². The number of nitrogens with one attached hydrogen (secondary N) is 2. The molecule has 2 unspecified atom stereocenters. The molecule has 2 heterocycles. The molecule has 1 aliphatic rings. The molecule has 3 rings (SSSR count). The maximum absolute atomic E-state index is 12.8. The Balaban J connectivity index is 2.17. The lowest BCUT2D eigenvalue weighted by Gasteiger charge is -2.15. The third-order valence-corrected chi connectivity index (χ3v) is 5.60. The molecule has 0 spiro atoms. The fourth-order valence-electron chi connectivity index (χ4n) is 3.79. The van der Waals surface area contributed by atoms with Gasteiger partial charge in [-0.2, -0.15) is 10.4 Å². The van der Waals surface area contributed by atoms with Gasteiger partial charge < -0.3 is 20.1 Å². The first kappa shape index (κ1) is 22.1. The number of alkyl halides is 1. The number of hydrogen-bond donors (Lipinski definition) is 2. The zero-order valence-corrected chi connectivity index (χ0v) is 19.0. The number of ketones is 1. The van der Waals surface area contributed by atoms with Crippen LogP contribution in [0.15, 0.2) is 18.2 Å². The highest BCUT2D eigenvalue weighted by atomic mass is 79.9. The van der Waals surface area contributed by atoms with Gasteiger partial charge in [-0.15, -0.1) is 0 Å². The molecule has 0 aliphatic carbocycles. The number of carbonyl (C=O) groups is 1. The summed E-state index contributed by atoms with van der Waals surface area (Å²) in [6, 6.07) is 7.73. The molecule has 0 amide bonds. The minimum atomic E-state index is -0.705. The monoisotopic (exact) mass is 475 g/mol. The van der Waals surface area contributed by atoms with Gasteiger partial charge in [-0.05, 0) is 37.6 Å². The van der Waals surface area contributed by atoms with E-state index >= 15 is 0 Å². The number of anilines is 1. The number of nitrogens with zero attached hydrogens (tertiary/aromatic N) is 3. The highest BCUT2D eigenvalue weighted by molar-refractivity contribution is 9.09. The molecule has 0 radical (unpaired) electrons. The molecular weight excluding hydrogens is 450 g/mol. The van der Waals surface area contributed by atoms with Crippen LogP contribution in [0.4, 0.5) is 5.82 Å². The van der Waals surface area contributed by atoms with Crippen LogP contribution in [-0.4, -0.2) is 54.7 Å². The maximum Gasteiger partial charge on any atom is 0.143 e. The molecule has 9 heteroatoms. The van der Waals surface area contributed by atoms with E-state index < -0.39 is 5.92 Å². The zero-order chi connectivity index (χ0) is 21.7. The van der Waals surface area contributed by atoms with Crippen LogP contribution in [0.1, 0.15) is 42.1 Å². The Morgan fingerprint density at radius 3 is 2.60 bits per heavy atom. The van der Waals surface area contributed by atoms with E-state index in [0.29, 0.717) is 40.7 Å². The first-order chi connectivity index (χ1) is 14.5. The van der Waals surface area contributed by atoms with Crippen molar-refractivity contribution >= 4 is 27.5 Å². The number of nitriles is 1. The van der Waals surface area contributed by atoms with E-state index in [1.165, 1.54) is 6.92 Å². The largest absolute Gasteiger partial charge is 0.497 e. The average Bonchev–Trinajstić information content (AvgIpc) is 3.39. The predicted molar refractivity (Wildman–Crippen MR) is 118 cm³/mol. The third-order valence-electron chi connectivity index (χ3n) is 5.20. The van der Waals surface area contributed by atoms with Gasteiger partial charge in [0.2, 0.25) is 0 Å². The first-order valence-electron chi connectivity index (χ1n) is 9.80. The summed E-state index contributed by atoms with van der Waals surface area (Å²) in [7, 11) is 3.12. The van der Waals surface area contributed by atoms with Gasteiger partial charge in [0.05, 0.1) is 31.9 Å². The SMILES string of the molecule is COc1cc(OC)cc(C(C(C)=O)c2nn(C3CCNC3)c(NCCBr)c2C#N)c1. The lowest BCUT2D eigenvalue weighted by atomic mass is 9.89. The number of carbonyl (C=O) groups excluding carboxylic acids is 1. The standard InChI is InChI=1S/C21H26BrN5O3/c1-13(28)19(14-8-16(29-2)10-17(9-14)30-3)20-18(11-23)21(25-7-5-22)27(26-20)15-4-6-24-12-15/h8-10,15,19,24-25H,4-7,12H2,1-3H3. The van der Waals surface area contributed by atoms with Crippen molar-refractivity contribution < 1.29 is 14.3 Å². The summed E-state index contributed by atoms with van der Waals surface area (Å²) in [4.78, 5) is 12.8. The second-order valence-corrected chi connectivity index (χ2v) is 7.91. The Morgan fingerprint density at radius 1 is 1.40 bits per heavy atom. The van der Waals surface area contributed by atoms with Gasteiger partial charge in [0, 0.05) is 24.5 Å². The van der Waals surface area contributed by atoms with Crippen molar-refractivity contribution in [3.63, 3.8) is 0 Å². The summed E-state index contributed by atoms with van der Waals surface area (Å²) in [6.45, 7) is 3.81. The van der Waals surface area contributed by atoms with Crippen LogP contribution >= 0.6 is 15.9 Å². The van der Waals surface area contributed by atoms with E-state index in [9.17, 15) is 10.1 Å². The van der Waals surface area contributed by atoms with Crippen molar-refractivity contribution in [3.8, 4) is 17.6 Å². The van der Waals surface area contributed by atoms with Gasteiger partial charge in [-0.25, -0.2) is 4.68 Å². The highest BCUT2D eigenvalue weighted by Gasteiger charge is 2.32. The smallest absolute Gasteiger partial charge is 0.143 e. The zero-order valence-electron chi connectivity index (χ0n) is 17.4. The molecule has 1 aliphatic heterocycles. The molecule has 1 saturated heterocycles. The lowest BCUT2D eigenvalue weighted by Crippen LogP contribution is -2.18. The molecule has 2 atom stereocenters. The molecule has 1 aromatic carbocycles. The quantitative estimate of drug-likeness (QED) is 0.537. The Bertz CT molecular complexity index is 925. The molecule has 30 heavy (non-hydrogen) atoms. The molecule has 1 aromatic heterocycles. The number of methoxy groups -OCH3 is 2. The normalized spacial score (nSPS) is 16.7. The van der Waals surface area contributed by atoms with E-state index in [2.05, 4.69) is 32.6 Å². The summed E-state index contributed by atoms with van der Waals surface area (Å²) in [5, 5.41) is 22.2. The van der Waals surface area contributed by atoms with Crippen LogP contribution < -0.4 is 20.1 Å². The molecule has 2 aromatic rings. The van der Waals surface area contributed by atoms with Crippen LogP contribution in [0.3, 0.4) is 0 Å². The molecule has 8 nitrogen and oxygen atoms in total. The average molecular weight is 476 g/mol. The minimum absolute atomic E-state index is 0.108. The van der Waals surface area contributed by atoms with Crippen molar-refractivity contribution in [1.29, 1.82) is 5.26 Å². The van der Waals surface area contributed by atoms with Crippen molar-refractivity contribution in [2.24, 2.45) is 0 Å². The van der Waals surface area contributed by atoms with Crippen LogP contribution in [-0.2, 0) is 4.79 Å². The topological polar surface area (TPSA) is 101 Å². The summed E-state index contributed by atoms with van der Waals surface area (Å²) >= 11 is 3.42. The molecule has 2 N–H and O–H groups in total. The Morgan fingerprint density at radius 2 is 2.10 bits per heavy atom. The number of rotatable bonds is 9. The number of hydrogen-bond acceptors (Lipinski definition) is 7. The minimum Gasteiger partial charge on any atom is -0.497 e. The van der Waals surface area contributed by atoms with Gasteiger partial charge >= 0.3 is 0 Å². The third kappa shape index (κ3) is 4.45. The Kier molecular flexibility index (Phi) is 7.34. The summed E-state index contributed by atoms with van der Waals surface area (Å²) in [5.74, 6) is 0.992. The van der Waals surface area contributed by atoms with Gasteiger partial charge in [0.15, 0.2) is 0 Å². The van der Waals surface area contributed by atoms with Crippen LogP contribution in [0.5, 0.6) is 11.5 Å². The second kappa shape index (κ2) is 9.96. The fourth-order valence-corrected chi connectivity index (χ4v) is 3.99. The molecule has 0 saturated carbocycles. The maximum atomic E-state index is 12.8. The van der Waals surface area contributed by atoms with E-state index in [1.54, 1.807) is 32.4 Å². The van der Waals surface area contributed by atoms with Gasteiger partial charge in [-0.3, -0.25) is 4.79 Å². The van der Waals surface area contributed by atoms with Crippen LogP contribution in [0.25, 0.3) is 0 Å². The number of halogens is 1. The summed E-state index contributed by atoms with van der Waals surface area (Å²) < 4.78 is 12.6. The number of aromatic nitrogens is 2. The number of Topliss-reactive ketones (excluding diaryl/α,β-unsaturated/α-hetero) is 1. The van der Waals surface area contributed by atoms with Gasteiger partial charge in [0.1, 0.15) is 34.7 Å². The van der Waals surface area contributed by atoms with Crippen molar-refractivity contribution in [1.82, 2.24) is 15.1 Å². The fraction of sp³-hybridized carbons (Fsp3) is 0.476. The molecule has 0 bridgehead atoms. The Hall–Kier alpha value is -2.57. The summed E-state index contributed by atoms with van der Waals surface area (Å²) in [6.07, 6.45) is 0.909. The number of benzene rings is 1.